The van der Waals surface area contributed by atoms with Gasteiger partial charge in [-0.05, 0) is 24.6 Å². The molecule has 2 aromatic heterocycles. The van der Waals surface area contributed by atoms with Gasteiger partial charge in [-0.1, -0.05) is 29.8 Å². The number of nitrogens with zero attached hydrogens (tertiary/aromatic N) is 6. The molecule has 0 unspecified atom stereocenters. The summed E-state index contributed by atoms with van der Waals surface area (Å²) in [5.41, 5.74) is 3.09. The molecule has 0 atom stereocenters. The highest BCUT2D eigenvalue weighted by molar-refractivity contribution is 5.47. The highest BCUT2D eigenvalue weighted by atomic mass is 16.5. The first-order valence-electron chi connectivity index (χ1n) is 10.6. The number of pyridine rings is 1. The number of aromatic hydroxyl groups is 1. The number of hydrogen-bond acceptors (Lipinski definition) is 9. The third-order valence-corrected chi connectivity index (χ3v) is 4.92. The molecule has 0 bridgehead atoms. The van der Waals surface area contributed by atoms with Gasteiger partial charge in [-0.15, -0.1) is 5.11 Å². The SMILES string of the molecule is Cc1cccc(CN=Nc2cc(N3CCOCC3)nc(OCCc3ccc(O)cn3)n2)c1. The van der Waals surface area contributed by atoms with Crippen LogP contribution in [0.5, 0.6) is 11.8 Å². The van der Waals surface area contributed by atoms with Crippen molar-refractivity contribution < 1.29 is 14.6 Å². The fourth-order valence-corrected chi connectivity index (χ4v) is 3.28. The second-order valence-electron chi connectivity index (χ2n) is 7.46. The summed E-state index contributed by atoms with van der Waals surface area (Å²) in [6.45, 7) is 5.66. The van der Waals surface area contributed by atoms with Crippen LogP contribution in [0, 0.1) is 6.92 Å². The molecule has 0 saturated carbocycles. The van der Waals surface area contributed by atoms with Gasteiger partial charge >= 0.3 is 6.01 Å². The molecule has 32 heavy (non-hydrogen) atoms. The molecule has 1 aromatic carbocycles. The van der Waals surface area contributed by atoms with E-state index in [0.29, 0.717) is 38.6 Å². The zero-order chi connectivity index (χ0) is 22.2. The number of aryl methyl sites for hydroxylation is 1. The predicted molar refractivity (Wildman–Crippen MR) is 120 cm³/mol. The minimum atomic E-state index is 0.136. The largest absolute Gasteiger partial charge is 0.506 e. The lowest BCUT2D eigenvalue weighted by molar-refractivity contribution is 0.122. The molecule has 0 spiro atoms. The second kappa shape index (κ2) is 10.6. The topological polar surface area (TPSA) is 105 Å². The Morgan fingerprint density at radius 3 is 2.78 bits per heavy atom. The Hall–Kier alpha value is -3.59. The Balaban J connectivity index is 1.46. The van der Waals surface area contributed by atoms with E-state index in [1.54, 1.807) is 12.1 Å². The van der Waals surface area contributed by atoms with E-state index in [-0.39, 0.29) is 11.8 Å². The van der Waals surface area contributed by atoms with Gasteiger partial charge in [-0.2, -0.15) is 15.1 Å². The average molecular weight is 435 g/mol. The molecule has 3 heterocycles. The summed E-state index contributed by atoms with van der Waals surface area (Å²) in [7, 11) is 0. The summed E-state index contributed by atoms with van der Waals surface area (Å²) in [5, 5.41) is 18.0. The van der Waals surface area contributed by atoms with E-state index in [1.807, 2.05) is 18.2 Å². The van der Waals surface area contributed by atoms with Gasteiger partial charge in [0.05, 0.1) is 32.6 Å². The Labute approximate surface area is 186 Å². The highest BCUT2D eigenvalue weighted by Crippen LogP contribution is 2.23. The van der Waals surface area contributed by atoms with Crippen LogP contribution in [0.4, 0.5) is 11.6 Å². The van der Waals surface area contributed by atoms with Gasteiger partial charge in [-0.25, -0.2) is 0 Å². The van der Waals surface area contributed by atoms with Crippen molar-refractivity contribution >= 4 is 11.6 Å². The molecule has 1 aliphatic heterocycles. The summed E-state index contributed by atoms with van der Waals surface area (Å²) in [4.78, 5) is 15.3. The third-order valence-electron chi connectivity index (χ3n) is 4.92. The van der Waals surface area contributed by atoms with Gasteiger partial charge in [0.2, 0.25) is 0 Å². The van der Waals surface area contributed by atoms with Crippen LogP contribution in [0.3, 0.4) is 0 Å². The lowest BCUT2D eigenvalue weighted by atomic mass is 10.1. The minimum absolute atomic E-state index is 0.136. The number of benzene rings is 1. The van der Waals surface area contributed by atoms with Crippen molar-refractivity contribution in [3.8, 4) is 11.8 Å². The van der Waals surface area contributed by atoms with Crippen molar-refractivity contribution in [2.45, 2.75) is 19.9 Å². The Morgan fingerprint density at radius 2 is 2.00 bits per heavy atom. The van der Waals surface area contributed by atoms with Crippen molar-refractivity contribution in [1.82, 2.24) is 15.0 Å². The maximum atomic E-state index is 9.36. The number of ether oxygens (including phenoxy) is 2. The van der Waals surface area contributed by atoms with Crippen molar-refractivity contribution in [3.05, 3.63) is 65.5 Å². The van der Waals surface area contributed by atoms with Gasteiger partial charge in [0.1, 0.15) is 11.6 Å². The first-order chi connectivity index (χ1) is 15.7. The van der Waals surface area contributed by atoms with Crippen LogP contribution in [0.15, 0.2) is 58.9 Å². The summed E-state index contributed by atoms with van der Waals surface area (Å²) in [6, 6.07) is 13.6. The van der Waals surface area contributed by atoms with Crippen LogP contribution >= 0.6 is 0 Å². The van der Waals surface area contributed by atoms with Crippen molar-refractivity contribution in [3.63, 3.8) is 0 Å². The predicted octanol–water partition coefficient (Wildman–Crippen LogP) is 3.63. The van der Waals surface area contributed by atoms with Gasteiger partial charge < -0.3 is 19.5 Å². The van der Waals surface area contributed by atoms with Gasteiger partial charge in [-0.3, -0.25) is 4.98 Å². The molecule has 0 amide bonds. The standard InChI is InChI=1S/C23H26N6O3/c1-17-3-2-4-18(13-17)15-25-28-21-14-22(29-8-11-31-12-9-29)27-23(26-21)32-10-7-19-5-6-20(30)16-24-19/h2-6,13-14,16,30H,7-12,15H2,1H3. The van der Waals surface area contributed by atoms with E-state index in [1.165, 1.54) is 11.8 Å². The molecule has 9 nitrogen and oxygen atoms in total. The van der Waals surface area contributed by atoms with E-state index in [4.69, 9.17) is 9.47 Å². The quantitative estimate of drug-likeness (QED) is 0.540. The fraction of sp³-hybridized carbons (Fsp3) is 0.348. The van der Waals surface area contributed by atoms with E-state index in [0.717, 1.165) is 30.2 Å². The molecule has 3 aromatic rings. The number of morpholine rings is 1. The molecular formula is C23H26N6O3. The van der Waals surface area contributed by atoms with Crippen LogP contribution in [-0.2, 0) is 17.7 Å². The minimum Gasteiger partial charge on any atom is -0.506 e. The molecule has 4 rings (SSSR count). The molecule has 1 saturated heterocycles. The Kier molecular flexibility index (Phi) is 7.19. The molecule has 1 N–H and O–H groups in total. The van der Waals surface area contributed by atoms with E-state index in [2.05, 4.69) is 49.1 Å². The monoisotopic (exact) mass is 434 g/mol. The summed E-state index contributed by atoms with van der Waals surface area (Å²) < 4.78 is 11.3. The van der Waals surface area contributed by atoms with Gasteiger partial charge in [0, 0.05) is 31.3 Å². The number of rotatable bonds is 8. The highest BCUT2D eigenvalue weighted by Gasteiger charge is 2.16. The summed E-state index contributed by atoms with van der Waals surface area (Å²) in [6.07, 6.45) is 1.98. The Bertz CT molecular complexity index is 1050. The van der Waals surface area contributed by atoms with E-state index in [9.17, 15) is 5.11 Å². The molecule has 166 valence electrons. The normalized spacial score (nSPS) is 14.1. The third kappa shape index (κ3) is 6.21. The first kappa shape index (κ1) is 21.6. The molecule has 0 aliphatic carbocycles. The van der Waals surface area contributed by atoms with Crippen LogP contribution in [0.2, 0.25) is 0 Å². The number of anilines is 1. The molecule has 1 aliphatic rings. The average Bonchev–Trinajstić information content (AvgIpc) is 2.81. The lowest BCUT2D eigenvalue weighted by Gasteiger charge is -2.27. The molecule has 1 fully saturated rings. The lowest BCUT2D eigenvalue weighted by Crippen LogP contribution is -2.36. The first-order valence-corrected chi connectivity index (χ1v) is 10.6. The van der Waals surface area contributed by atoms with Crippen molar-refractivity contribution in [1.29, 1.82) is 0 Å². The number of aromatic nitrogens is 3. The zero-order valence-electron chi connectivity index (χ0n) is 18.0. The second-order valence-corrected chi connectivity index (χ2v) is 7.46. The van der Waals surface area contributed by atoms with Crippen molar-refractivity contribution in [2.75, 3.05) is 37.8 Å². The molecule has 9 heteroatoms. The fourth-order valence-electron chi connectivity index (χ4n) is 3.28. The van der Waals surface area contributed by atoms with Gasteiger partial charge in [0.25, 0.3) is 0 Å². The maximum absolute atomic E-state index is 9.36. The molecule has 0 radical (unpaired) electrons. The number of hydrogen-bond donors (Lipinski definition) is 1. The molecular weight excluding hydrogens is 408 g/mol. The number of azo groups is 1. The van der Waals surface area contributed by atoms with Crippen LogP contribution < -0.4 is 9.64 Å². The van der Waals surface area contributed by atoms with Crippen molar-refractivity contribution in [2.24, 2.45) is 10.2 Å². The summed E-state index contributed by atoms with van der Waals surface area (Å²) >= 11 is 0. The smallest absolute Gasteiger partial charge is 0.320 e. The summed E-state index contributed by atoms with van der Waals surface area (Å²) in [5.74, 6) is 1.33. The van der Waals surface area contributed by atoms with E-state index < -0.39 is 0 Å². The van der Waals surface area contributed by atoms with Gasteiger partial charge in [0.15, 0.2) is 5.82 Å². The van der Waals surface area contributed by atoms with Crippen LogP contribution in [0.25, 0.3) is 0 Å². The van der Waals surface area contributed by atoms with E-state index >= 15 is 0 Å². The Morgan fingerprint density at radius 1 is 1.12 bits per heavy atom. The maximum Gasteiger partial charge on any atom is 0.320 e. The zero-order valence-corrected chi connectivity index (χ0v) is 18.0. The van der Waals surface area contributed by atoms with Crippen LogP contribution in [-0.4, -0.2) is 53.0 Å². The van der Waals surface area contributed by atoms with Crippen LogP contribution in [0.1, 0.15) is 16.8 Å².